The summed E-state index contributed by atoms with van der Waals surface area (Å²) in [5, 5.41) is 9.65. The number of hydrogen-bond acceptors (Lipinski definition) is 4. The van der Waals surface area contributed by atoms with E-state index in [1.165, 1.54) is 12.5 Å². The fourth-order valence-electron chi connectivity index (χ4n) is 2.65. The molecule has 0 aliphatic carbocycles. The fourth-order valence-corrected chi connectivity index (χ4v) is 2.65. The molecule has 0 radical (unpaired) electrons. The van der Waals surface area contributed by atoms with Gasteiger partial charge in [-0.15, -0.1) is 5.10 Å². The first-order valence-electron chi connectivity index (χ1n) is 7.94. The van der Waals surface area contributed by atoms with E-state index in [0.29, 0.717) is 11.9 Å². The highest BCUT2D eigenvalue weighted by atomic mass is 16.1. The van der Waals surface area contributed by atoms with Crippen molar-refractivity contribution in [2.75, 3.05) is 23.3 Å². The number of carbonyl (C=O) groups excluding carboxylic acids is 1. The minimum Gasteiger partial charge on any atom is -0.340 e. The summed E-state index contributed by atoms with van der Waals surface area (Å²) in [5.41, 5.74) is 2.15. The molecule has 2 heterocycles. The molecule has 1 aliphatic rings. The normalized spacial score (nSPS) is 15.1. The molecule has 1 aromatic heterocycles. The maximum atomic E-state index is 12.0. The molecule has 0 unspecified atom stereocenters. The number of piperidine rings is 1. The van der Waals surface area contributed by atoms with Crippen molar-refractivity contribution in [3.63, 3.8) is 0 Å². The van der Waals surface area contributed by atoms with Crippen LogP contribution in [0.4, 0.5) is 11.9 Å². The van der Waals surface area contributed by atoms with Gasteiger partial charge in [-0.1, -0.05) is 29.8 Å². The van der Waals surface area contributed by atoms with Crippen molar-refractivity contribution < 1.29 is 4.79 Å². The van der Waals surface area contributed by atoms with Gasteiger partial charge in [-0.25, -0.2) is 5.10 Å². The second-order valence-corrected chi connectivity index (χ2v) is 5.77. The summed E-state index contributed by atoms with van der Waals surface area (Å²) in [5.74, 6) is 0.806. The number of nitrogens with zero attached hydrogens (tertiary/aromatic N) is 3. The van der Waals surface area contributed by atoms with Gasteiger partial charge in [0.05, 0.1) is 0 Å². The molecule has 120 valence electrons. The van der Waals surface area contributed by atoms with Crippen LogP contribution in [0.15, 0.2) is 30.3 Å². The van der Waals surface area contributed by atoms with E-state index >= 15 is 0 Å². The van der Waals surface area contributed by atoms with Gasteiger partial charge in [-0.3, -0.25) is 10.1 Å². The maximum absolute atomic E-state index is 12.0. The van der Waals surface area contributed by atoms with Crippen LogP contribution < -0.4 is 10.2 Å². The number of carbonyl (C=O) groups is 1. The highest BCUT2D eigenvalue weighted by Gasteiger charge is 2.15. The van der Waals surface area contributed by atoms with Crippen molar-refractivity contribution in [2.45, 2.75) is 26.2 Å². The summed E-state index contributed by atoms with van der Waals surface area (Å²) in [4.78, 5) is 18.4. The van der Waals surface area contributed by atoms with Gasteiger partial charge in [0.25, 0.3) is 5.91 Å². The molecule has 1 fully saturated rings. The van der Waals surface area contributed by atoms with E-state index in [-0.39, 0.29) is 5.91 Å². The molecular formula is C17H21N5O. The second kappa shape index (κ2) is 7.09. The highest BCUT2D eigenvalue weighted by Crippen LogP contribution is 2.16. The summed E-state index contributed by atoms with van der Waals surface area (Å²) in [6.45, 7) is 3.96. The summed E-state index contributed by atoms with van der Waals surface area (Å²) in [6, 6.07) is 7.97. The lowest BCUT2D eigenvalue weighted by Crippen LogP contribution is -2.30. The Balaban J connectivity index is 1.58. The molecule has 3 rings (SSSR count). The van der Waals surface area contributed by atoms with Gasteiger partial charge in [0.2, 0.25) is 11.9 Å². The van der Waals surface area contributed by atoms with Crippen LogP contribution in [0.1, 0.15) is 30.4 Å². The summed E-state index contributed by atoms with van der Waals surface area (Å²) in [6.07, 6.45) is 6.86. The minimum atomic E-state index is -0.229. The molecule has 6 nitrogen and oxygen atoms in total. The third-order valence-corrected chi connectivity index (χ3v) is 3.82. The Labute approximate surface area is 135 Å². The van der Waals surface area contributed by atoms with Crippen LogP contribution in [0, 0.1) is 6.92 Å². The minimum absolute atomic E-state index is 0.229. The number of aryl methyl sites for hydroxylation is 1. The largest absolute Gasteiger partial charge is 0.340 e. The zero-order valence-electron chi connectivity index (χ0n) is 13.2. The van der Waals surface area contributed by atoms with Crippen LogP contribution in [-0.2, 0) is 4.79 Å². The Hall–Kier alpha value is -2.63. The van der Waals surface area contributed by atoms with Crippen LogP contribution >= 0.6 is 0 Å². The monoisotopic (exact) mass is 311 g/mol. The van der Waals surface area contributed by atoms with Crippen LogP contribution in [0.25, 0.3) is 6.08 Å². The Morgan fingerprint density at radius 1 is 1.30 bits per heavy atom. The van der Waals surface area contributed by atoms with E-state index in [1.54, 1.807) is 6.08 Å². The molecule has 0 spiro atoms. The Morgan fingerprint density at radius 3 is 2.91 bits per heavy atom. The number of rotatable bonds is 4. The van der Waals surface area contributed by atoms with Crippen molar-refractivity contribution in [3.05, 3.63) is 41.5 Å². The van der Waals surface area contributed by atoms with Crippen LogP contribution in [0.3, 0.4) is 0 Å². The first-order valence-corrected chi connectivity index (χ1v) is 7.94. The highest BCUT2D eigenvalue weighted by molar-refractivity contribution is 6.00. The van der Waals surface area contributed by atoms with Gasteiger partial charge in [0.1, 0.15) is 0 Å². The smallest absolute Gasteiger partial charge is 0.250 e. The van der Waals surface area contributed by atoms with Crippen LogP contribution in [-0.4, -0.2) is 34.2 Å². The fraction of sp³-hybridized carbons (Fsp3) is 0.353. The Kier molecular flexibility index (Phi) is 4.71. The molecule has 0 saturated carbocycles. The summed E-state index contributed by atoms with van der Waals surface area (Å²) < 4.78 is 0. The number of aromatic amines is 1. The van der Waals surface area contributed by atoms with Gasteiger partial charge < -0.3 is 4.90 Å². The lowest BCUT2D eigenvalue weighted by molar-refractivity contribution is -0.111. The van der Waals surface area contributed by atoms with E-state index in [0.717, 1.165) is 37.1 Å². The van der Waals surface area contributed by atoms with Gasteiger partial charge in [-0.05, 0) is 37.8 Å². The molecule has 1 saturated heterocycles. The number of aromatic nitrogens is 3. The van der Waals surface area contributed by atoms with Gasteiger partial charge in [0, 0.05) is 19.2 Å². The summed E-state index contributed by atoms with van der Waals surface area (Å²) in [7, 11) is 0. The van der Waals surface area contributed by atoms with Crippen molar-refractivity contribution in [3.8, 4) is 0 Å². The van der Waals surface area contributed by atoms with E-state index in [9.17, 15) is 4.79 Å². The molecule has 2 N–H and O–H groups in total. The Bertz CT molecular complexity index is 701. The van der Waals surface area contributed by atoms with Crippen LogP contribution in [0.5, 0.6) is 0 Å². The van der Waals surface area contributed by atoms with Crippen molar-refractivity contribution in [2.24, 2.45) is 0 Å². The third-order valence-electron chi connectivity index (χ3n) is 3.82. The number of anilines is 2. The van der Waals surface area contributed by atoms with Crippen molar-refractivity contribution in [1.29, 1.82) is 0 Å². The Morgan fingerprint density at radius 2 is 2.13 bits per heavy atom. The average molecular weight is 311 g/mol. The predicted octanol–water partition coefficient (Wildman–Crippen LogP) is 2.76. The molecule has 1 aliphatic heterocycles. The molecule has 0 bridgehead atoms. The molecule has 6 heteroatoms. The van der Waals surface area contributed by atoms with Crippen molar-refractivity contribution in [1.82, 2.24) is 15.2 Å². The first-order chi connectivity index (χ1) is 11.2. The number of hydrogen-bond donors (Lipinski definition) is 2. The molecular weight excluding hydrogens is 290 g/mol. The SMILES string of the molecule is Cc1cccc(/C=C/C(=O)Nc2nc(N3CCCCC3)n[nH]2)c1. The summed E-state index contributed by atoms with van der Waals surface area (Å²) >= 11 is 0. The van der Waals surface area contributed by atoms with E-state index in [1.807, 2.05) is 31.2 Å². The van der Waals surface area contributed by atoms with E-state index < -0.39 is 0 Å². The zero-order valence-corrected chi connectivity index (χ0v) is 13.2. The second-order valence-electron chi connectivity index (χ2n) is 5.77. The predicted molar refractivity (Wildman–Crippen MR) is 91.3 cm³/mol. The van der Waals surface area contributed by atoms with Crippen molar-refractivity contribution >= 4 is 23.9 Å². The lowest BCUT2D eigenvalue weighted by Gasteiger charge is -2.24. The molecule has 23 heavy (non-hydrogen) atoms. The first kappa shape index (κ1) is 15.3. The number of nitrogens with one attached hydrogen (secondary N) is 2. The topological polar surface area (TPSA) is 73.9 Å². The van der Waals surface area contributed by atoms with Gasteiger partial charge >= 0.3 is 0 Å². The maximum Gasteiger partial charge on any atom is 0.250 e. The standard InChI is InChI=1S/C17H21N5O/c1-13-6-5-7-14(12-13)8-9-15(23)18-16-19-17(21-20-16)22-10-3-2-4-11-22/h5-9,12H,2-4,10-11H2,1H3,(H2,18,19,20,21,23)/b9-8+. The molecule has 1 amide bonds. The van der Waals surface area contributed by atoms with E-state index in [4.69, 9.17) is 0 Å². The zero-order chi connectivity index (χ0) is 16.1. The molecule has 2 aromatic rings. The number of H-pyrrole nitrogens is 1. The quantitative estimate of drug-likeness (QED) is 0.852. The lowest BCUT2D eigenvalue weighted by atomic mass is 10.1. The third kappa shape index (κ3) is 4.18. The van der Waals surface area contributed by atoms with Gasteiger partial charge in [-0.2, -0.15) is 4.98 Å². The average Bonchev–Trinajstić information content (AvgIpc) is 3.02. The van der Waals surface area contributed by atoms with E-state index in [2.05, 4.69) is 25.4 Å². The van der Waals surface area contributed by atoms with Crippen LogP contribution in [0.2, 0.25) is 0 Å². The number of amides is 1. The molecule has 0 atom stereocenters. The van der Waals surface area contributed by atoms with Gasteiger partial charge in [0.15, 0.2) is 0 Å². The number of benzene rings is 1. The molecule has 1 aromatic carbocycles.